The number of carbonyl (C=O) groups is 4. The summed E-state index contributed by atoms with van der Waals surface area (Å²) in [6.07, 6.45) is 4.71. The van der Waals surface area contributed by atoms with E-state index in [0.29, 0.717) is 56.1 Å². The highest BCUT2D eigenvalue weighted by Gasteiger charge is 2.45. The third-order valence-corrected chi connectivity index (χ3v) is 10.6. The highest BCUT2D eigenvalue weighted by atomic mass is 32.1. The highest BCUT2D eigenvalue weighted by Crippen LogP contribution is 2.34. The fourth-order valence-electron chi connectivity index (χ4n) is 6.55. The number of amides is 4. The zero-order valence-electron chi connectivity index (χ0n) is 29.5. The van der Waals surface area contributed by atoms with Gasteiger partial charge in [-0.05, 0) is 67.0 Å². The van der Waals surface area contributed by atoms with Crippen LogP contribution in [0.3, 0.4) is 0 Å². The van der Waals surface area contributed by atoms with E-state index in [0.717, 1.165) is 36.6 Å². The Hall–Kier alpha value is -4.57. The number of likely N-dealkylation sites (N-methyl/N-ethyl adjacent to an activating group) is 1. The number of pyridine rings is 1. The van der Waals surface area contributed by atoms with E-state index in [4.69, 9.17) is 4.74 Å². The van der Waals surface area contributed by atoms with E-state index >= 15 is 13.2 Å². The zero-order valence-corrected chi connectivity index (χ0v) is 30.4. The molecule has 0 spiro atoms. The van der Waals surface area contributed by atoms with Gasteiger partial charge in [-0.15, -0.1) is 0 Å². The van der Waals surface area contributed by atoms with Crippen LogP contribution < -0.4 is 20.7 Å². The van der Waals surface area contributed by atoms with Crippen LogP contribution in [0, 0.1) is 17.7 Å². The normalized spacial score (nSPS) is 19.9. The summed E-state index contributed by atoms with van der Waals surface area (Å²) in [6, 6.07) is 3.84. The average Bonchev–Trinajstić information content (AvgIpc) is 3.69. The first-order valence-corrected chi connectivity index (χ1v) is 18.1. The van der Waals surface area contributed by atoms with Crippen molar-refractivity contribution in [3.8, 4) is 5.88 Å². The van der Waals surface area contributed by atoms with Crippen molar-refractivity contribution in [3.63, 3.8) is 0 Å². The summed E-state index contributed by atoms with van der Waals surface area (Å²) >= 11 is 1.10. The summed E-state index contributed by atoms with van der Waals surface area (Å²) in [5.41, 5.74) is -0.230. The molecule has 1 saturated carbocycles. The molecule has 2 aliphatic rings. The topological polar surface area (TPSA) is 146 Å². The second kappa shape index (κ2) is 16.8. The average molecular weight is 744 g/mol. The predicted octanol–water partition coefficient (Wildman–Crippen LogP) is 4.40. The number of nitrogens with one attached hydrogen (secondary N) is 3. The standard InChI is InChI=1S/C36H44F3N7O5S/c1-21-5-7-23(8-6-21)31(44-35(50)36(38,39)26-10-12-29(51-4)40-19-26)33(48)42-28-11-9-24(17-27(28)37)22(2)30(43-32(47)25-18-41-52-20-25)34(49)46-15-13-45(3)14-16-46/h9-12,17-23,30-31H,5-8,13-16H2,1-4H3,(H,42,48)(H,43,47)(H,44,50)/t21?,22-,23?,30+,31-/m0/s1. The van der Waals surface area contributed by atoms with Gasteiger partial charge < -0.3 is 30.5 Å². The van der Waals surface area contributed by atoms with E-state index in [2.05, 4.69) is 37.1 Å². The molecule has 2 aromatic heterocycles. The first-order valence-electron chi connectivity index (χ1n) is 17.3. The van der Waals surface area contributed by atoms with E-state index in [1.807, 2.05) is 7.05 Å². The quantitative estimate of drug-likeness (QED) is 0.248. The minimum absolute atomic E-state index is 0.0915. The van der Waals surface area contributed by atoms with Crippen molar-refractivity contribution in [2.24, 2.45) is 11.8 Å². The van der Waals surface area contributed by atoms with E-state index in [1.54, 1.807) is 17.2 Å². The number of nitrogens with zero attached hydrogens (tertiary/aromatic N) is 4. The van der Waals surface area contributed by atoms with E-state index < -0.39 is 58.9 Å². The van der Waals surface area contributed by atoms with Crippen LogP contribution in [0.15, 0.2) is 48.1 Å². The van der Waals surface area contributed by atoms with Crippen LogP contribution in [0.25, 0.3) is 0 Å². The Kier molecular flexibility index (Phi) is 12.5. The predicted molar refractivity (Wildman–Crippen MR) is 189 cm³/mol. The Morgan fingerprint density at radius 3 is 2.31 bits per heavy atom. The molecule has 16 heteroatoms. The van der Waals surface area contributed by atoms with Crippen LogP contribution in [-0.4, -0.2) is 95.2 Å². The van der Waals surface area contributed by atoms with Crippen molar-refractivity contribution in [2.45, 2.75) is 63.5 Å². The van der Waals surface area contributed by atoms with Gasteiger partial charge in [0, 0.05) is 55.3 Å². The molecule has 1 aromatic carbocycles. The maximum absolute atomic E-state index is 15.8. The molecule has 3 heterocycles. The molecule has 12 nitrogen and oxygen atoms in total. The van der Waals surface area contributed by atoms with Crippen LogP contribution in [0.1, 0.15) is 66.9 Å². The van der Waals surface area contributed by atoms with Crippen molar-refractivity contribution in [2.75, 3.05) is 45.7 Å². The molecule has 52 heavy (non-hydrogen) atoms. The van der Waals surface area contributed by atoms with Crippen LogP contribution >= 0.6 is 11.5 Å². The Balaban J connectivity index is 1.34. The lowest BCUT2D eigenvalue weighted by atomic mass is 9.79. The van der Waals surface area contributed by atoms with Gasteiger partial charge in [0.2, 0.25) is 17.7 Å². The Labute approximate surface area is 304 Å². The maximum atomic E-state index is 15.8. The van der Waals surface area contributed by atoms with Gasteiger partial charge >= 0.3 is 5.92 Å². The summed E-state index contributed by atoms with van der Waals surface area (Å²) in [7, 11) is 3.29. The lowest BCUT2D eigenvalue weighted by molar-refractivity contribution is -0.149. The minimum Gasteiger partial charge on any atom is -0.481 e. The van der Waals surface area contributed by atoms with Crippen molar-refractivity contribution in [1.82, 2.24) is 29.8 Å². The lowest BCUT2D eigenvalue weighted by Crippen LogP contribution is -2.55. The van der Waals surface area contributed by atoms with Gasteiger partial charge in [-0.2, -0.15) is 8.78 Å². The molecule has 3 aromatic rings. The van der Waals surface area contributed by atoms with Crippen molar-refractivity contribution >= 4 is 40.8 Å². The molecule has 1 aliphatic carbocycles. The molecule has 4 amide bonds. The number of hydrogen-bond acceptors (Lipinski definition) is 9. The van der Waals surface area contributed by atoms with E-state index in [9.17, 15) is 19.2 Å². The molecule has 3 atom stereocenters. The van der Waals surface area contributed by atoms with Crippen LogP contribution in [0.4, 0.5) is 18.9 Å². The van der Waals surface area contributed by atoms with Crippen molar-refractivity contribution in [3.05, 3.63) is 70.6 Å². The number of ether oxygens (including phenoxy) is 1. The van der Waals surface area contributed by atoms with Crippen molar-refractivity contribution < 1.29 is 37.1 Å². The van der Waals surface area contributed by atoms with E-state index in [-0.39, 0.29) is 17.5 Å². The van der Waals surface area contributed by atoms with Gasteiger partial charge in [-0.25, -0.2) is 13.7 Å². The van der Waals surface area contributed by atoms with E-state index in [1.165, 1.54) is 37.6 Å². The number of methoxy groups -OCH3 is 1. The Morgan fingerprint density at radius 2 is 1.71 bits per heavy atom. The molecule has 5 rings (SSSR count). The monoisotopic (exact) mass is 743 g/mol. The number of anilines is 1. The first kappa shape index (κ1) is 38.7. The maximum Gasteiger partial charge on any atom is 0.351 e. The summed E-state index contributed by atoms with van der Waals surface area (Å²) < 4.78 is 55.3. The number of hydrogen-bond donors (Lipinski definition) is 3. The summed E-state index contributed by atoms with van der Waals surface area (Å²) in [6.45, 7) is 6.01. The molecule has 3 N–H and O–H groups in total. The second-order valence-electron chi connectivity index (χ2n) is 13.6. The first-order chi connectivity index (χ1) is 24.8. The fraction of sp³-hybridized carbons (Fsp3) is 0.500. The molecule has 0 unspecified atom stereocenters. The van der Waals surface area contributed by atoms with Gasteiger partial charge in [0.25, 0.3) is 11.8 Å². The Morgan fingerprint density at radius 1 is 1.00 bits per heavy atom. The zero-order chi connectivity index (χ0) is 37.6. The molecular weight excluding hydrogens is 700 g/mol. The van der Waals surface area contributed by atoms with Gasteiger partial charge in [0.15, 0.2) is 0 Å². The fourth-order valence-corrected chi connectivity index (χ4v) is 7.07. The number of aromatic nitrogens is 2. The number of benzene rings is 1. The SMILES string of the molecule is COc1ccc(C(F)(F)C(=O)N[C@H](C(=O)Nc2ccc([C@H](C)[C@@H](NC(=O)c3cnsc3)C(=O)N3CCN(C)CC3)cc2F)C2CCC(C)CC2)cn1. The largest absolute Gasteiger partial charge is 0.481 e. The number of carbonyl (C=O) groups excluding carboxylic acids is 4. The lowest BCUT2D eigenvalue weighted by Gasteiger charge is -2.36. The van der Waals surface area contributed by atoms with Crippen LogP contribution in [0.2, 0.25) is 0 Å². The number of halogens is 3. The van der Waals surface area contributed by atoms with Crippen LogP contribution in [0.5, 0.6) is 5.88 Å². The molecule has 1 aliphatic heterocycles. The van der Waals surface area contributed by atoms with Crippen LogP contribution in [-0.2, 0) is 20.3 Å². The third kappa shape index (κ3) is 9.07. The van der Waals surface area contributed by atoms with Gasteiger partial charge in [-0.1, -0.05) is 32.8 Å². The van der Waals surface area contributed by atoms with Gasteiger partial charge in [0.05, 0.1) is 24.6 Å². The molecule has 0 bridgehead atoms. The molecule has 1 saturated heterocycles. The molecule has 2 fully saturated rings. The minimum atomic E-state index is -4.02. The van der Waals surface area contributed by atoms with Gasteiger partial charge in [-0.3, -0.25) is 19.2 Å². The summed E-state index contributed by atoms with van der Waals surface area (Å²) in [4.78, 5) is 61.1. The number of alkyl halides is 2. The number of rotatable bonds is 12. The third-order valence-electron chi connectivity index (χ3n) is 10.0. The second-order valence-corrected chi connectivity index (χ2v) is 14.3. The summed E-state index contributed by atoms with van der Waals surface area (Å²) in [5.74, 6) is -8.86. The van der Waals surface area contributed by atoms with Gasteiger partial charge in [0.1, 0.15) is 17.9 Å². The molecule has 280 valence electrons. The molecule has 0 radical (unpaired) electrons. The summed E-state index contributed by atoms with van der Waals surface area (Å²) in [5, 5.41) is 9.13. The number of piperazine rings is 1. The van der Waals surface area contributed by atoms with Crippen molar-refractivity contribution in [1.29, 1.82) is 0 Å². The molecular formula is C36H44F3N7O5S. The smallest absolute Gasteiger partial charge is 0.351 e. The highest BCUT2D eigenvalue weighted by molar-refractivity contribution is 7.03. The Bertz CT molecular complexity index is 1710.